The van der Waals surface area contributed by atoms with Gasteiger partial charge in [-0.1, -0.05) is 0 Å². The second-order valence-corrected chi connectivity index (χ2v) is 3.15. The van der Waals surface area contributed by atoms with Gasteiger partial charge in [-0.25, -0.2) is 0 Å². The van der Waals surface area contributed by atoms with Crippen molar-refractivity contribution in [2.24, 2.45) is 11.5 Å². The molecule has 0 amide bonds. The summed E-state index contributed by atoms with van der Waals surface area (Å²) in [6.45, 7) is 1.19. The van der Waals surface area contributed by atoms with E-state index in [4.69, 9.17) is 31.9 Å². The summed E-state index contributed by atoms with van der Waals surface area (Å²) >= 11 is 0. The topological polar surface area (TPSA) is 201 Å². The van der Waals surface area contributed by atoms with Crippen LogP contribution in [0.25, 0.3) is 0 Å². The molecule has 0 aromatic heterocycles. The van der Waals surface area contributed by atoms with E-state index in [-0.39, 0.29) is 114 Å². The predicted octanol–water partition coefficient (Wildman–Crippen LogP) is -2.37. The molecule has 0 unspecified atom stereocenters. The Labute approximate surface area is 200 Å². The van der Waals surface area contributed by atoms with Gasteiger partial charge in [0.15, 0.2) is 0 Å². The van der Waals surface area contributed by atoms with E-state index in [2.05, 4.69) is 0 Å². The van der Waals surface area contributed by atoms with Crippen molar-refractivity contribution in [3.63, 3.8) is 0 Å². The molecule has 23 heavy (non-hydrogen) atoms. The number of hydrogen-bond donors (Lipinski definition) is 6. The van der Waals surface area contributed by atoms with Gasteiger partial charge >= 0.3 is 23.9 Å². The van der Waals surface area contributed by atoms with Crippen LogP contribution in [0.1, 0.15) is 25.7 Å². The quantitative estimate of drug-likeness (QED) is 0.265. The van der Waals surface area contributed by atoms with E-state index in [1.54, 1.807) is 0 Å². The maximum Gasteiger partial charge on any atom is 0.303 e. The Morgan fingerprint density at radius 3 is 0.696 bits per heavy atom. The second kappa shape index (κ2) is 30.7. The van der Waals surface area contributed by atoms with Gasteiger partial charge in [-0.2, -0.15) is 0 Å². The molecular formula is C10H20N2Na3O8. The zero-order valence-corrected chi connectivity index (χ0v) is 19.8. The average Bonchev–Trinajstić information content (AvgIpc) is 2.35. The second-order valence-electron chi connectivity index (χ2n) is 3.15. The van der Waals surface area contributed by atoms with E-state index >= 15 is 0 Å². The fourth-order valence-electron chi connectivity index (χ4n) is 0.428. The summed E-state index contributed by atoms with van der Waals surface area (Å²) in [6.07, 6.45) is -1.19. The van der Waals surface area contributed by atoms with Crippen LogP contribution in [0.15, 0.2) is 0 Å². The summed E-state index contributed by atoms with van der Waals surface area (Å²) in [4.78, 5) is 38.6. The van der Waals surface area contributed by atoms with E-state index in [1.807, 2.05) is 0 Å². The molecule has 121 valence electrons. The molecule has 0 aromatic carbocycles. The predicted molar refractivity (Wildman–Crippen MR) is 84.4 cm³/mol. The van der Waals surface area contributed by atoms with Crippen LogP contribution in [0, 0.1) is 0 Å². The normalized spacial score (nSPS) is 7.22. The van der Waals surface area contributed by atoms with E-state index in [0.717, 1.165) is 0 Å². The van der Waals surface area contributed by atoms with Gasteiger partial charge in [0.2, 0.25) is 0 Å². The Kier molecular flexibility index (Phi) is 52.0. The fraction of sp³-hybridized carbons (Fsp3) is 0.600. The number of carboxylic acid groups (broad SMARTS) is 4. The molecule has 0 aromatic rings. The third kappa shape index (κ3) is 70.8. The molecule has 8 N–H and O–H groups in total. The molecule has 0 rings (SSSR count). The van der Waals surface area contributed by atoms with Gasteiger partial charge in [-0.3, -0.25) is 19.2 Å². The third-order valence-corrected chi connectivity index (χ3v) is 1.27. The van der Waals surface area contributed by atoms with Crippen LogP contribution in [0.5, 0.6) is 0 Å². The first-order chi connectivity index (χ1) is 9.17. The minimum Gasteiger partial charge on any atom is -0.481 e. The Morgan fingerprint density at radius 2 is 0.652 bits per heavy atom. The van der Waals surface area contributed by atoms with Crippen molar-refractivity contribution in [3.8, 4) is 0 Å². The van der Waals surface area contributed by atoms with Gasteiger partial charge in [0, 0.05) is 102 Å². The monoisotopic (exact) mass is 365 g/mol. The van der Waals surface area contributed by atoms with Crippen molar-refractivity contribution in [2.75, 3.05) is 13.1 Å². The van der Waals surface area contributed by atoms with E-state index in [9.17, 15) is 19.2 Å². The van der Waals surface area contributed by atoms with Crippen molar-refractivity contribution in [2.45, 2.75) is 25.7 Å². The molecule has 0 saturated heterocycles. The molecule has 0 fully saturated rings. The molecule has 0 atom stereocenters. The van der Waals surface area contributed by atoms with Gasteiger partial charge < -0.3 is 31.9 Å². The van der Waals surface area contributed by atoms with Crippen LogP contribution in [0.2, 0.25) is 0 Å². The molecule has 3 radical (unpaired) electrons. The van der Waals surface area contributed by atoms with Crippen LogP contribution < -0.4 is 11.5 Å². The largest absolute Gasteiger partial charge is 0.481 e. The molecule has 13 heteroatoms. The number of carboxylic acids is 4. The molecule has 0 heterocycles. The first-order valence-corrected chi connectivity index (χ1v) is 5.44. The average molecular weight is 365 g/mol. The van der Waals surface area contributed by atoms with Crippen LogP contribution in [0.4, 0.5) is 0 Å². The zero-order chi connectivity index (χ0) is 16.6. The van der Waals surface area contributed by atoms with Crippen molar-refractivity contribution < 1.29 is 39.6 Å². The van der Waals surface area contributed by atoms with Gasteiger partial charge in [0.25, 0.3) is 0 Å². The maximum absolute atomic E-state index is 9.64. The Balaban J connectivity index is -0.0000000464. The van der Waals surface area contributed by atoms with E-state index < -0.39 is 23.9 Å². The van der Waals surface area contributed by atoms with Gasteiger partial charge in [0.1, 0.15) is 0 Å². The van der Waals surface area contributed by atoms with Gasteiger partial charge in [0.05, 0.1) is 25.7 Å². The summed E-state index contributed by atoms with van der Waals surface area (Å²) in [5, 5.41) is 31.6. The summed E-state index contributed by atoms with van der Waals surface area (Å²) < 4.78 is 0. The molecule has 0 saturated carbocycles. The summed E-state index contributed by atoms with van der Waals surface area (Å²) in [5.74, 6) is -4.31. The Hall–Kier alpha value is 0.800. The molecule has 10 nitrogen and oxygen atoms in total. The third-order valence-electron chi connectivity index (χ3n) is 1.27. The van der Waals surface area contributed by atoms with Crippen molar-refractivity contribution >= 4 is 113 Å². The minimum absolute atomic E-state index is 0. The van der Waals surface area contributed by atoms with Crippen molar-refractivity contribution in [3.05, 3.63) is 0 Å². The summed E-state index contributed by atoms with van der Waals surface area (Å²) in [6, 6.07) is 0. The minimum atomic E-state index is -1.08. The number of carbonyl (C=O) groups is 4. The number of aliphatic carboxylic acids is 4. The SMILES string of the molecule is NCCN.O=C(O)CCC(=O)O.O=C(O)CCC(=O)O.[Na].[Na].[Na]. The summed E-state index contributed by atoms with van der Waals surface area (Å²) in [5.41, 5.74) is 9.81. The van der Waals surface area contributed by atoms with E-state index in [0.29, 0.717) is 13.1 Å². The molecule has 0 spiro atoms. The van der Waals surface area contributed by atoms with Crippen LogP contribution in [-0.2, 0) is 19.2 Å². The number of rotatable bonds is 7. The first-order valence-electron chi connectivity index (χ1n) is 5.44. The van der Waals surface area contributed by atoms with Crippen LogP contribution in [-0.4, -0.2) is 146 Å². The smallest absolute Gasteiger partial charge is 0.303 e. The number of nitrogens with two attached hydrogens (primary N) is 2. The van der Waals surface area contributed by atoms with E-state index in [1.165, 1.54) is 0 Å². The molecule has 0 bridgehead atoms. The molecule has 0 aliphatic rings. The summed E-state index contributed by atoms with van der Waals surface area (Å²) in [7, 11) is 0. The first kappa shape index (κ1) is 39.0. The molecule has 0 aliphatic heterocycles. The molecule has 0 aliphatic carbocycles. The number of hydrogen-bond acceptors (Lipinski definition) is 6. The van der Waals surface area contributed by atoms with Gasteiger partial charge in [-0.05, 0) is 0 Å². The maximum atomic E-state index is 9.64. The van der Waals surface area contributed by atoms with Crippen molar-refractivity contribution in [1.82, 2.24) is 0 Å². The van der Waals surface area contributed by atoms with Crippen LogP contribution >= 0.6 is 0 Å². The van der Waals surface area contributed by atoms with Crippen molar-refractivity contribution in [1.29, 1.82) is 0 Å². The fourth-order valence-corrected chi connectivity index (χ4v) is 0.428. The molecular weight excluding hydrogens is 345 g/mol. The van der Waals surface area contributed by atoms with Crippen LogP contribution in [0.3, 0.4) is 0 Å². The zero-order valence-electron chi connectivity index (χ0n) is 13.8. The van der Waals surface area contributed by atoms with Gasteiger partial charge in [-0.15, -0.1) is 0 Å². The Morgan fingerprint density at radius 1 is 0.522 bits per heavy atom. The Bertz CT molecular complexity index is 260. The standard InChI is InChI=1S/2C4H6O4.C2H8N2.3Na/c2*5-3(6)1-2-4(7)8;3-1-2-4;;;/h2*1-2H2,(H,5,6)(H,7,8);1-4H2;;;.